The van der Waals surface area contributed by atoms with E-state index in [9.17, 15) is 4.79 Å². The molecule has 0 aliphatic carbocycles. The molecule has 0 unspecified atom stereocenters. The van der Waals surface area contributed by atoms with Crippen LogP contribution in [0.15, 0.2) is 85.1 Å². The third-order valence-electron chi connectivity index (χ3n) is 5.41. The lowest BCUT2D eigenvalue weighted by molar-refractivity contribution is -0.112. The fraction of sp³-hybridized carbons (Fsp3) is 0.0800. The van der Waals surface area contributed by atoms with Gasteiger partial charge in [-0.2, -0.15) is 0 Å². The van der Waals surface area contributed by atoms with Crippen LogP contribution in [0.2, 0.25) is 0 Å². The number of amides is 1. The number of hydrogen-bond donors (Lipinski definition) is 0. The molecular formula is C25H20N2O. The van der Waals surface area contributed by atoms with E-state index in [1.54, 1.807) is 4.90 Å². The maximum atomic E-state index is 12.9. The Morgan fingerprint density at radius 2 is 1.57 bits per heavy atom. The van der Waals surface area contributed by atoms with E-state index in [2.05, 4.69) is 53.2 Å². The van der Waals surface area contributed by atoms with Gasteiger partial charge in [-0.25, -0.2) is 0 Å². The summed E-state index contributed by atoms with van der Waals surface area (Å²) < 4.78 is 2.26. The summed E-state index contributed by atoms with van der Waals surface area (Å²) in [6, 6.07) is 26.8. The van der Waals surface area contributed by atoms with E-state index in [0.29, 0.717) is 0 Å². The Hall–Kier alpha value is -3.59. The van der Waals surface area contributed by atoms with E-state index in [4.69, 9.17) is 0 Å². The summed E-state index contributed by atoms with van der Waals surface area (Å²) in [5.74, 6) is 0.0427. The molecule has 1 aliphatic rings. The number of hydrogen-bond acceptors (Lipinski definition) is 1. The number of nitrogens with zero attached hydrogens (tertiary/aromatic N) is 2. The van der Waals surface area contributed by atoms with Gasteiger partial charge in [0, 0.05) is 47.4 Å². The summed E-state index contributed by atoms with van der Waals surface area (Å²) in [7, 11) is 1.83. The fourth-order valence-electron chi connectivity index (χ4n) is 4.00. The Bertz CT molecular complexity index is 1220. The van der Waals surface area contributed by atoms with Crippen LogP contribution in [0.25, 0.3) is 22.6 Å². The summed E-state index contributed by atoms with van der Waals surface area (Å²) in [6.45, 7) is 0.801. The normalized spacial score (nSPS) is 14.8. The van der Waals surface area contributed by atoms with Crippen molar-refractivity contribution in [3.8, 4) is 0 Å². The molecule has 0 atom stereocenters. The Labute approximate surface area is 164 Å². The minimum atomic E-state index is 0.0427. The first-order chi connectivity index (χ1) is 13.7. The number of aromatic nitrogens is 1. The van der Waals surface area contributed by atoms with Crippen LogP contribution in [0.1, 0.15) is 16.7 Å². The van der Waals surface area contributed by atoms with Crippen molar-refractivity contribution < 1.29 is 4.79 Å². The van der Waals surface area contributed by atoms with Gasteiger partial charge in [0.25, 0.3) is 5.91 Å². The molecule has 0 radical (unpaired) electrons. The molecule has 0 fully saturated rings. The molecule has 0 saturated heterocycles. The largest absolute Gasteiger partial charge is 0.342 e. The van der Waals surface area contributed by atoms with Gasteiger partial charge in [0.15, 0.2) is 0 Å². The molecule has 1 aromatic heterocycles. The highest BCUT2D eigenvalue weighted by Gasteiger charge is 2.29. The zero-order valence-corrected chi connectivity index (χ0v) is 15.7. The Morgan fingerprint density at radius 1 is 0.857 bits per heavy atom. The standard InChI is InChI=1S/C25H20N2O/c1-26-23-13-7-6-12-21(23)22(25(26)28)15-19-17-27(16-18-9-3-2-4-10-18)24-14-8-5-11-20(19)24/h2-15,17H,16H2,1H3. The van der Waals surface area contributed by atoms with Gasteiger partial charge in [0.2, 0.25) is 0 Å². The second-order valence-corrected chi connectivity index (χ2v) is 7.15. The van der Waals surface area contributed by atoms with Gasteiger partial charge in [-0.1, -0.05) is 66.7 Å². The van der Waals surface area contributed by atoms with Crippen LogP contribution in [0.4, 0.5) is 5.69 Å². The quantitative estimate of drug-likeness (QED) is 0.458. The molecule has 3 nitrogen and oxygen atoms in total. The third-order valence-corrected chi connectivity index (χ3v) is 5.41. The molecule has 3 aromatic carbocycles. The van der Waals surface area contributed by atoms with Crippen molar-refractivity contribution in [2.75, 3.05) is 11.9 Å². The lowest BCUT2D eigenvalue weighted by Crippen LogP contribution is -2.20. The molecule has 3 heteroatoms. The molecule has 5 rings (SSSR count). The summed E-state index contributed by atoms with van der Waals surface area (Å²) in [6.07, 6.45) is 4.19. The monoisotopic (exact) mass is 364 g/mol. The smallest absolute Gasteiger partial charge is 0.258 e. The highest BCUT2D eigenvalue weighted by Crippen LogP contribution is 2.37. The molecule has 0 spiro atoms. The second kappa shape index (κ2) is 6.54. The Balaban J connectivity index is 1.64. The number of carbonyl (C=O) groups excluding carboxylic acids is 1. The van der Waals surface area contributed by atoms with Crippen molar-refractivity contribution in [2.24, 2.45) is 0 Å². The lowest BCUT2D eigenvalue weighted by atomic mass is 10.0. The summed E-state index contributed by atoms with van der Waals surface area (Å²) in [5, 5.41) is 1.16. The highest BCUT2D eigenvalue weighted by atomic mass is 16.2. The van der Waals surface area contributed by atoms with Gasteiger partial charge < -0.3 is 9.47 Å². The average Bonchev–Trinajstić information content (AvgIpc) is 3.20. The predicted molar refractivity (Wildman–Crippen MR) is 115 cm³/mol. The van der Waals surface area contributed by atoms with E-state index < -0.39 is 0 Å². The van der Waals surface area contributed by atoms with Gasteiger partial charge in [0.1, 0.15) is 0 Å². The number of benzene rings is 3. The van der Waals surface area contributed by atoms with E-state index in [1.807, 2.05) is 49.5 Å². The fourth-order valence-corrected chi connectivity index (χ4v) is 4.00. The van der Waals surface area contributed by atoms with E-state index >= 15 is 0 Å². The molecule has 0 N–H and O–H groups in total. The van der Waals surface area contributed by atoms with Gasteiger partial charge in [0.05, 0.1) is 5.69 Å². The third kappa shape index (κ3) is 2.64. The molecule has 28 heavy (non-hydrogen) atoms. The van der Waals surface area contributed by atoms with Crippen LogP contribution < -0.4 is 4.90 Å². The zero-order valence-electron chi connectivity index (χ0n) is 15.7. The molecule has 4 aromatic rings. The first-order valence-corrected chi connectivity index (χ1v) is 9.43. The number of anilines is 1. The van der Waals surface area contributed by atoms with Crippen molar-refractivity contribution in [3.05, 3.63) is 102 Å². The van der Waals surface area contributed by atoms with Gasteiger partial charge in [-0.15, -0.1) is 0 Å². The second-order valence-electron chi connectivity index (χ2n) is 7.15. The van der Waals surface area contributed by atoms with Gasteiger partial charge >= 0.3 is 0 Å². The lowest BCUT2D eigenvalue weighted by Gasteiger charge is -2.07. The number of rotatable bonds is 3. The SMILES string of the molecule is CN1C(=O)C(=Cc2cn(Cc3ccccc3)c3ccccc23)c2ccccc21. The Kier molecular flexibility index (Phi) is 3.87. The summed E-state index contributed by atoms with van der Waals surface area (Å²) in [4.78, 5) is 14.6. The van der Waals surface area contributed by atoms with Gasteiger partial charge in [-0.3, -0.25) is 4.79 Å². The van der Waals surface area contributed by atoms with Crippen LogP contribution in [0.5, 0.6) is 0 Å². The van der Waals surface area contributed by atoms with Crippen molar-refractivity contribution in [3.63, 3.8) is 0 Å². The van der Waals surface area contributed by atoms with Crippen LogP contribution >= 0.6 is 0 Å². The summed E-state index contributed by atoms with van der Waals surface area (Å²) in [5.41, 5.74) is 6.21. The number of likely N-dealkylation sites (N-methyl/N-ethyl adjacent to an activating group) is 1. The first kappa shape index (κ1) is 16.6. The number of fused-ring (bicyclic) bond motifs is 2. The van der Waals surface area contributed by atoms with E-state index in [1.165, 1.54) is 11.1 Å². The van der Waals surface area contributed by atoms with E-state index in [-0.39, 0.29) is 5.91 Å². The van der Waals surface area contributed by atoms with Crippen molar-refractivity contribution in [2.45, 2.75) is 6.54 Å². The minimum absolute atomic E-state index is 0.0427. The van der Waals surface area contributed by atoms with Gasteiger partial charge in [-0.05, 0) is 23.8 Å². The van der Waals surface area contributed by atoms with Crippen LogP contribution in [-0.2, 0) is 11.3 Å². The average molecular weight is 364 g/mol. The summed E-state index contributed by atoms with van der Waals surface area (Å²) >= 11 is 0. The maximum Gasteiger partial charge on any atom is 0.258 e. The molecule has 2 heterocycles. The molecule has 0 bridgehead atoms. The Morgan fingerprint density at radius 3 is 2.43 bits per heavy atom. The zero-order chi connectivity index (χ0) is 19.1. The molecule has 0 saturated carbocycles. The number of para-hydroxylation sites is 2. The minimum Gasteiger partial charge on any atom is -0.342 e. The van der Waals surface area contributed by atoms with Crippen molar-refractivity contribution in [1.29, 1.82) is 0 Å². The van der Waals surface area contributed by atoms with Crippen LogP contribution in [-0.4, -0.2) is 17.5 Å². The van der Waals surface area contributed by atoms with Crippen LogP contribution in [0.3, 0.4) is 0 Å². The molecule has 1 amide bonds. The molecule has 1 aliphatic heterocycles. The first-order valence-electron chi connectivity index (χ1n) is 9.43. The number of carbonyl (C=O) groups is 1. The maximum absolute atomic E-state index is 12.9. The predicted octanol–water partition coefficient (Wildman–Crippen LogP) is 5.21. The van der Waals surface area contributed by atoms with Crippen molar-refractivity contribution >= 4 is 34.1 Å². The van der Waals surface area contributed by atoms with Crippen LogP contribution in [0, 0.1) is 0 Å². The topological polar surface area (TPSA) is 25.2 Å². The van der Waals surface area contributed by atoms with E-state index in [0.717, 1.165) is 34.3 Å². The highest BCUT2D eigenvalue weighted by molar-refractivity contribution is 6.36. The molecular weight excluding hydrogens is 344 g/mol. The van der Waals surface area contributed by atoms with Crippen molar-refractivity contribution in [1.82, 2.24) is 4.57 Å². The molecule has 136 valence electrons.